The number of hydrogen-bond acceptors (Lipinski definition) is 1. The molecule has 0 unspecified atom stereocenters. The molecule has 0 amide bonds. The Morgan fingerprint density at radius 3 is 2.28 bits per heavy atom. The molecule has 0 aliphatic carbocycles. The van der Waals surface area contributed by atoms with Crippen molar-refractivity contribution in [1.29, 1.82) is 0 Å². The molecule has 0 bridgehead atoms. The highest BCUT2D eigenvalue weighted by molar-refractivity contribution is 6.30. The third-order valence-electron chi connectivity index (χ3n) is 2.78. The molecule has 3 rings (SSSR count). The fourth-order valence-electron chi connectivity index (χ4n) is 1.84. The van der Waals surface area contributed by atoms with E-state index >= 15 is 0 Å². The molecule has 0 saturated carbocycles. The molecule has 2 nitrogen and oxygen atoms in total. The van der Waals surface area contributed by atoms with Crippen LogP contribution in [0.15, 0.2) is 67.0 Å². The van der Waals surface area contributed by atoms with Crippen molar-refractivity contribution in [1.82, 2.24) is 9.78 Å². The Morgan fingerprint density at radius 2 is 1.56 bits per heavy atom. The Bertz CT molecular complexity index is 642. The van der Waals surface area contributed by atoms with Crippen molar-refractivity contribution >= 4 is 11.6 Å². The van der Waals surface area contributed by atoms with Gasteiger partial charge in [0.15, 0.2) is 0 Å². The maximum Gasteiger partial charge on any atom is 0.0646 e. The average molecular weight is 255 g/mol. The van der Waals surface area contributed by atoms with Crippen molar-refractivity contribution in [3.63, 3.8) is 0 Å². The van der Waals surface area contributed by atoms with Gasteiger partial charge in [-0.05, 0) is 29.8 Å². The van der Waals surface area contributed by atoms with E-state index in [4.69, 9.17) is 11.6 Å². The lowest BCUT2D eigenvalue weighted by atomic mass is 10.1. The van der Waals surface area contributed by atoms with Crippen LogP contribution in [-0.4, -0.2) is 9.78 Å². The van der Waals surface area contributed by atoms with Gasteiger partial charge >= 0.3 is 0 Å². The van der Waals surface area contributed by atoms with Gasteiger partial charge in [-0.1, -0.05) is 41.9 Å². The predicted molar refractivity (Wildman–Crippen MR) is 74.0 cm³/mol. The molecule has 0 saturated heterocycles. The average Bonchev–Trinajstić information content (AvgIpc) is 2.90. The zero-order valence-electron chi connectivity index (χ0n) is 9.62. The summed E-state index contributed by atoms with van der Waals surface area (Å²) in [4.78, 5) is 0. The molecule has 3 heteroatoms. The fourth-order valence-corrected chi connectivity index (χ4v) is 1.96. The van der Waals surface area contributed by atoms with Gasteiger partial charge in [0.1, 0.15) is 0 Å². The van der Waals surface area contributed by atoms with Gasteiger partial charge in [-0.2, -0.15) is 5.10 Å². The van der Waals surface area contributed by atoms with Crippen LogP contribution < -0.4 is 0 Å². The van der Waals surface area contributed by atoms with E-state index in [2.05, 4.69) is 17.2 Å². The molecule has 0 N–H and O–H groups in total. The van der Waals surface area contributed by atoms with Crippen LogP contribution in [0.2, 0.25) is 5.02 Å². The van der Waals surface area contributed by atoms with E-state index in [1.807, 2.05) is 59.5 Å². The number of hydrogen-bond donors (Lipinski definition) is 0. The highest BCUT2D eigenvalue weighted by Gasteiger charge is 2.02. The van der Waals surface area contributed by atoms with E-state index in [9.17, 15) is 0 Å². The first kappa shape index (κ1) is 11.1. The smallest absolute Gasteiger partial charge is 0.0646 e. The van der Waals surface area contributed by atoms with Gasteiger partial charge in [0, 0.05) is 16.8 Å². The van der Waals surface area contributed by atoms with Crippen molar-refractivity contribution in [3.05, 3.63) is 72.0 Å². The van der Waals surface area contributed by atoms with Crippen molar-refractivity contribution in [3.8, 4) is 16.8 Å². The van der Waals surface area contributed by atoms with Crippen molar-refractivity contribution in [2.24, 2.45) is 0 Å². The summed E-state index contributed by atoms with van der Waals surface area (Å²) >= 11 is 5.87. The Labute approximate surface area is 110 Å². The molecule has 1 aromatic heterocycles. The van der Waals surface area contributed by atoms with Gasteiger partial charge in [-0.15, -0.1) is 0 Å². The van der Waals surface area contributed by atoms with E-state index in [1.54, 1.807) is 0 Å². The van der Waals surface area contributed by atoms with E-state index in [1.165, 1.54) is 0 Å². The molecule has 1 heterocycles. The van der Waals surface area contributed by atoms with Gasteiger partial charge in [-0.3, -0.25) is 0 Å². The minimum Gasteiger partial charge on any atom is -0.240 e. The predicted octanol–water partition coefficient (Wildman–Crippen LogP) is 4.19. The van der Waals surface area contributed by atoms with Gasteiger partial charge in [0.25, 0.3) is 0 Å². The van der Waals surface area contributed by atoms with Gasteiger partial charge < -0.3 is 0 Å². The summed E-state index contributed by atoms with van der Waals surface area (Å²) in [7, 11) is 0. The number of rotatable bonds is 2. The van der Waals surface area contributed by atoms with Crippen molar-refractivity contribution in [2.45, 2.75) is 0 Å². The number of halogens is 1. The highest BCUT2D eigenvalue weighted by atomic mass is 35.5. The van der Waals surface area contributed by atoms with E-state index in [0.29, 0.717) is 0 Å². The normalized spacial score (nSPS) is 10.5. The van der Waals surface area contributed by atoms with Crippen LogP contribution in [0.5, 0.6) is 0 Å². The van der Waals surface area contributed by atoms with Crippen LogP contribution in [0.4, 0.5) is 0 Å². The lowest BCUT2D eigenvalue weighted by Gasteiger charge is -2.00. The van der Waals surface area contributed by atoms with Crippen LogP contribution in [0.1, 0.15) is 0 Å². The zero-order chi connectivity index (χ0) is 12.4. The van der Waals surface area contributed by atoms with E-state index in [0.717, 1.165) is 21.8 Å². The summed E-state index contributed by atoms with van der Waals surface area (Å²) in [6, 6.07) is 17.8. The van der Waals surface area contributed by atoms with Crippen LogP contribution in [0, 0.1) is 0 Å². The monoisotopic (exact) mass is 254 g/mol. The molecule has 0 fully saturated rings. The fraction of sp³-hybridized carbons (Fsp3) is 0. The molecule has 2 aromatic carbocycles. The first-order valence-electron chi connectivity index (χ1n) is 5.69. The molecule has 0 aliphatic rings. The minimum atomic E-state index is 0.731. The Balaban J connectivity index is 1.97. The molecule has 0 atom stereocenters. The highest BCUT2D eigenvalue weighted by Crippen LogP contribution is 2.20. The minimum absolute atomic E-state index is 0.731. The molecule has 0 spiro atoms. The number of nitrogens with zero attached hydrogens (tertiary/aromatic N) is 2. The largest absolute Gasteiger partial charge is 0.240 e. The van der Waals surface area contributed by atoms with Crippen molar-refractivity contribution in [2.75, 3.05) is 0 Å². The van der Waals surface area contributed by atoms with Crippen LogP contribution in [0.25, 0.3) is 16.8 Å². The van der Waals surface area contributed by atoms with Gasteiger partial charge in [0.2, 0.25) is 0 Å². The van der Waals surface area contributed by atoms with Crippen molar-refractivity contribution < 1.29 is 0 Å². The summed E-state index contributed by atoms with van der Waals surface area (Å²) in [5, 5.41) is 5.10. The molecular weight excluding hydrogens is 244 g/mol. The summed E-state index contributed by atoms with van der Waals surface area (Å²) in [5.74, 6) is 0. The topological polar surface area (TPSA) is 17.8 Å². The van der Waals surface area contributed by atoms with Gasteiger partial charge in [0.05, 0.1) is 11.9 Å². The Morgan fingerprint density at radius 1 is 0.833 bits per heavy atom. The molecule has 88 valence electrons. The Hall–Kier alpha value is -2.06. The van der Waals surface area contributed by atoms with Gasteiger partial charge in [-0.25, -0.2) is 4.68 Å². The molecule has 0 radical (unpaired) electrons. The first-order chi connectivity index (χ1) is 8.83. The second kappa shape index (κ2) is 4.67. The van der Waals surface area contributed by atoms with E-state index in [-0.39, 0.29) is 0 Å². The first-order valence-corrected chi connectivity index (χ1v) is 6.07. The third-order valence-corrected chi connectivity index (χ3v) is 3.03. The summed E-state index contributed by atoms with van der Waals surface area (Å²) < 4.78 is 1.85. The SMILES string of the molecule is Clc1ccc(-n2cc(-c3ccccc3)cn2)cc1. The zero-order valence-corrected chi connectivity index (χ0v) is 10.4. The lowest BCUT2D eigenvalue weighted by molar-refractivity contribution is 0.881. The lowest BCUT2D eigenvalue weighted by Crippen LogP contribution is -1.92. The second-order valence-corrected chi connectivity index (χ2v) is 4.45. The Kier molecular flexibility index (Phi) is 2.87. The quantitative estimate of drug-likeness (QED) is 0.670. The second-order valence-electron chi connectivity index (χ2n) is 4.02. The molecular formula is C15H11ClN2. The van der Waals surface area contributed by atoms with Crippen LogP contribution in [0.3, 0.4) is 0 Å². The summed E-state index contributed by atoms with van der Waals surface area (Å²) in [5.41, 5.74) is 3.27. The van der Waals surface area contributed by atoms with E-state index < -0.39 is 0 Å². The maximum absolute atomic E-state index is 5.87. The molecule has 0 aliphatic heterocycles. The third kappa shape index (κ3) is 2.15. The maximum atomic E-state index is 5.87. The van der Waals surface area contributed by atoms with Crippen LogP contribution in [-0.2, 0) is 0 Å². The standard InChI is InChI=1S/C15H11ClN2/c16-14-6-8-15(9-7-14)18-11-13(10-17-18)12-4-2-1-3-5-12/h1-11H. The summed E-state index contributed by atoms with van der Waals surface area (Å²) in [6.07, 6.45) is 3.88. The number of benzene rings is 2. The molecule has 3 aromatic rings. The van der Waals surface area contributed by atoms with Crippen LogP contribution >= 0.6 is 11.6 Å². The molecule has 18 heavy (non-hydrogen) atoms. The number of aromatic nitrogens is 2. The summed E-state index contributed by atoms with van der Waals surface area (Å²) in [6.45, 7) is 0.